The second kappa shape index (κ2) is 10.3. The van der Waals surface area contributed by atoms with Gasteiger partial charge in [0.25, 0.3) is 5.91 Å². The van der Waals surface area contributed by atoms with Gasteiger partial charge in [-0.05, 0) is 42.3 Å². The third-order valence-corrected chi connectivity index (χ3v) is 6.03. The second-order valence-electron chi connectivity index (χ2n) is 8.27. The highest BCUT2D eigenvalue weighted by Crippen LogP contribution is 2.22. The molecule has 0 radical (unpaired) electrons. The predicted octanol–water partition coefficient (Wildman–Crippen LogP) is 4.51. The van der Waals surface area contributed by atoms with Crippen LogP contribution in [0.5, 0.6) is 5.75 Å². The first-order valence-corrected chi connectivity index (χ1v) is 11.2. The number of amides is 1. The van der Waals surface area contributed by atoms with Crippen LogP contribution < -0.4 is 15.0 Å². The van der Waals surface area contributed by atoms with E-state index < -0.39 is 0 Å². The minimum atomic E-state index is -0.0361. The summed E-state index contributed by atoms with van der Waals surface area (Å²) < 4.78 is 5.36. The van der Waals surface area contributed by atoms with Crippen LogP contribution in [-0.2, 0) is 6.54 Å². The Labute approximate surface area is 190 Å². The molecule has 1 saturated heterocycles. The van der Waals surface area contributed by atoms with Crippen LogP contribution in [0.1, 0.15) is 34.5 Å². The zero-order valence-corrected chi connectivity index (χ0v) is 18.8. The third-order valence-electron chi connectivity index (χ3n) is 6.03. The number of rotatable bonds is 7. The summed E-state index contributed by atoms with van der Waals surface area (Å²) in [6.07, 6.45) is 0. The molecule has 3 aromatic rings. The maximum Gasteiger partial charge on any atom is 0.251 e. The molecule has 1 aliphatic heterocycles. The zero-order chi connectivity index (χ0) is 22.3. The molecule has 4 rings (SSSR count). The van der Waals surface area contributed by atoms with Crippen LogP contribution in [0.3, 0.4) is 0 Å². The van der Waals surface area contributed by atoms with Gasteiger partial charge in [-0.15, -0.1) is 0 Å². The van der Waals surface area contributed by atoms with E-state index in [0.29, 0.717) is 5.56 Å². The minimum Gasteiger partial charge on any atom is -0.497 e. The summed E-state index contributed by atoms with van der Waals surface area (Å²) in [5, 5.41) is 3.11. The summed E-state index contributed by atoms with van der Waals surface area (Å²) in [7, 11) is 1.70. The number of methoxy groups -OCH3 is 1. The first kappa shape index (κ1) is 21.9. The quantitative estimate of drug-likeness (QED) is 0.600. The van der Waals surface area contributed by atoms with Gasteiger partial charge in [-0.2, -0.15) is 0 Å². The van der Waals surface area contributed by atoms with Gasteiger partial charge in [0.1, 0.15) is 5.75 Å². The van der Waals surface area contributed by atoms with Gasteiger partial charge in [0.05, 0.1) is 13.2 Å². The molecule has 1 fully saturated rings. The highest BCUT2D eigenvalue weighted by molar-refractivity contribution is 5.94. The van der Waals surface area contributed by atoms with Gasteiger partial charge in [-0.25, -0.2) is 0 Å². The van der Waals surface area contributed by atoms with Crippen LogP contribution in [0.2, 0.25) is 0 Å². The SMILES string of the molecule is COc1cccc(N2CCN(Cc3cccc(C(=O)NC(C)c4ccccc4)c3)CC2)c1. The van der Waals surface area contributed by atoms with E-state index in [1.807, 2.05) is 67.6 Å². The van der Waals surface area contributed by atoms with Crippen molar-refractivity contribution in [2.45, 2.75) is 19.5 Å². The molecule has 1 atom stereocenters. The fourth-order valence-corrected chi connectivity index (χ4v) is 4.15. The Hall–Kier alpha value is -3.31. The maximum atomic E-state index is 12.8. The Balaban J connectivity index is 1.33. The van der Waals surface area contributed by atoms with E-state index in [0.717, 1.165) is 44.0 Å². The molecule has 1 N–H and O–H groups in total. The highest BCUT2D eigenvalue weighted by atomic mass is 16.5. The molecular weight excluding hydrogens is 398 g/mol. The fraction of sp³-hybridized carbons (Fsp3) is 0.296. The van der Waals surface area contributed by atoms with Crippen LogP contribution in [0.25, 0.3) is 0 Å². The van der Waals surface area contributed by atoms with E-state index in [1.165, 1.54) is 11.3 Å². The molecular formula is C27H31N3O2. The molecule has 1 heterocycles. The number of nitrogens with zero attached hydrogens (tertiary/aromatic N) is 2. The number of anilines is 1. The summed E-state index contributed by atoms with van der Waals surface area (Å²) in [6, 6.07) is 26.2. The number of hydrogen-bond donors (Lipinski definition) is 1. The zero-order valence-electron chi connectivity index (χ0n) is 18.8. The number of carbonyl (C=O) groups is 1. The first-order valence-electron chi connectivity index (χ1n) is 11.2. The van der Waals surface area contributed by atoms with Gasteiger partial charge in [-0.3, -0.25) is 9.69 Å². The van der Waals surface area contributed by atoms with Gasteiger partial charge < -0.3 is 15.0 Å². The molecule has 0 bridgehead atoms. The largest absolute Gasteiger partial charge is 0.497 e. The maximum absolute atomic E-state index is 12.8. The highest BCUT2D eigenvalue weighted by Gasteiger charge is 2.18. The molecule has 32 heavy (non-hydrogen) atoms. The van der Waals surface area contributed by atoms with E-state index in [9.17, 15) is 4.79 Å². The lowest BCUT2D eigenvalue weighted by Gasteiger charge is -2.36. The molecule has 5 heteroatoms. The molecule has 1 aliphatic rings. The van der Waals surface area contributed by atoms with Gasteiger partial charge in [0.2, 0.25) is 0 Å². The lowest BCUT2D eigenvalue weighted by atomic mass is 10.1. The average Bonchev–Trinajstić information content (AvgIpc) is 2.85. The summed E-state index contributed by atoms with van der Waals surface area (Å²) in [5.41, 5.74) is 4.18. The Morgan fingerprint density at radius 1 is 0.938 bits per heavy atom. The molecule has 0 aromatic heterocycles. The van der Waals surface area contributed by atoms with Gasteiger partial charge in [-0.1, -0.05) is 48.5 Å². The van der Waals surface area contributed by atoms with Crippen molar-refractivity contribution in [3.05, 3.63) is 95.6 Å². The van der Waals surface area contributed by atoms with Crippen molar-refractivity contribution < 1.29 is 9.53 Å². The van der Waals surface area contributed by atoms with E-state index in [2.05, 4.69) is 33.3 Å². The summed E-state index contributed by atoms with van der Waals surface area (Å²) in [5.74, 6) is 0.854. The lowest BCUT2D eigenvalue weighted by Crippen LogP contribution is -2.46. The topological polar surface area (TPSA) is 44.8 Å². The Morgan fingerprint density at radius 3 is 2.44 bits per heavy atom. The third kappa shape index (κ3) is 5.48. The van der Waals surface area contributed by atoms with E-state index in [-0.39, 0.29) is 11.9 Å². The summed E-state index contributed by atoms with van der Waals surface area (Å²) in [4.78, 5) is 17.6. The minimum absolute atomic E-state index is 0.0305. The van der Waals surface area contributed by atoms with E-state index in [1.54, 1.807) is 7.11 Å². The molecule has 3 aromatic carbocycles. The number of benzene rings is 3. The smallest absolute Gasteiger partial charge is 0.251 e. The van der Waals surface area contributed by atoms with Crippen LogP contribution >= 0.6 is 0 Å². The van der Waals surface area contributed by atoms with Gasteiger partial charge in [0, 0.05) is 50.0 Å². The van der Waals surface area contributed by atoms with Crippen molar-refractivity contribution in [1.29, 1.82) is 0 Å². The van der Waals surface area contributed by atoms with E-state index in [4.69, 9.17) is 4.74 Å². The second-order valence-corrected chi connectivity index (χ2v) is 8.27. The molecule has 0 spiro atoms. The van der Waals surface area contributed by atoms with Gasteiger partial charge in [0.15, 0.2) is 0 Å². The van der Waals surface area contributed by atoms with Crippen LogP contribution in [0, 0.1) is 0 Å². The molecule has 1 amide bonds. The number of carbonyl (C=O) groups excluding carboxylic acids is 1. The van der Waals surface area contributed by atoms with Crippen molar-refractivity contribution in [2.75, 3.05) is 38.2 Å². The average molecular weight is 430 g/mol. The van der Waals surface area contributed by atoms with Crippen molar-refractivity contribution in [3.8, 4) is 5.75 Å². The molecule has 0 saturated carbocycles. The lowest BCUT2D eigenvalue weighted by molar-refractivity contribution is 0.0939. The van der Waals surface area contributed by atoms with Crippen molar-refractivity contribution in [3.63, 3.8) is 0 Å². The number of nitrogens with one attached hydrogen (secondary N) is 1. The Bertz CT molecular complexity index is 1030. The normalized spacial score (nSPS) is 15.2. The monoisotopic (exact) mass is 429 g/mol. The van der Waals surface area contributed by atoms with Crippen LogP contribution in [0.15, 0.2) is 78.9 Å². The van der Waals surface area contributed by atoms with Crippen LogP contribution in [0.4, 0.5) is 5.69 Å². The van der Waals surface area contributed by atoms with E-state index >= 15 is 0 Å². The Kier molecular flexibility index (Phi) is 7.07. The van der Waals surface area contributed by atoms with Crippen molar-refractivity contribution in [2.24, 2.45) is 0 Å². The first-order chi connectivity index (χ1) is 15.6. The summed E-state index contributed by atoms with van der Waals surface area (Å²) >= 11 is 0. The van der Waals surface area contributed by atoms with Crippen LogP contribution in [-0.4, -0.2) is 44.1 Å². The summed E-state index contributed by atoms with van der Waals surface area (Å²) in [6.45, 7) is 6.78. The molecule has 0 aliphatic carbocycles. The predicted molar refractivity (Wildman–Crippen MR) is 129 cm³/mol. The molecule has 166 valence electrons. The van der Waals surface area contributed by atoms with Gasteiger partial charge >= 0.3 is 0 Å². The Morgan fingerprint density at radius 2 is 1.69 bits per heavy atom. The number of piperazine rings is 1. The number of hydrogen-bond acceptors (Lipinski definition) is 4. The molecule has 5 nitrogen and oxygen atoms in total. The van der Waals surface area contributed by atoms with Crippen molar-refractivity contribution >= 4 is 11.6 Å². The molecule has 1 unspecified atom stereocenters. The standard InChI is InChI=1S/C27H31N3O2/c1-21(23-9-4-3-5-10-23)28-27(31)24-11-6-8-22(18-24)20-29-14-16-30(17-15-29)25-12-7-13-26(19-25)32-2/h3-13,18-19,21H,14-17,20H2,1-2H3,(H,28,31). The van der Waals surface area contributed by atoms with Crippen molar-refractivity contribution in [1.82, 2.24) is 10.2 Å². The fourth-order valence-electron chi connectivity index (χ4n) is 4.15. The number of ether oxygens (including phenoxy) is 1.